The van der Waals surface area contributed by atoms with Crippen LogP contribution in [0, 0.1) is 0 Å². The molecule has 110 valence electrons. The number of carbonyl (C=O) groups is 1. The van der Waals surface area contributed by atoms with Crippen LogP contribution in [0.1, 0.15) is 33.1 Å². The highest BCUT2D eigenvalue weighted by Crippen LogP contribution is 2.20. The van der Waals surface area contributed by atoms with Crippen molar-refractivity contribution < 1.29 is 4.79 Å². The Morgan fingerprint density at radius 1 is 1.35 bits per heavy atom. The van der Waals surface area contributed by atoms with Crippen LogP contribution in [0.2, 0.25) is 5.02 Å². The molecule has 1 heterocycles. The van der Waals surface area contributed by atoms with Crippen LogP contribution in [0.25, 0.3) is 0 Å². The summed E-state index contributed by atoms with van der Waals surface area (Å²) in [5.74, 6) is -0.0581. The summed E-state index contributed by atoms with van der Waals surface area (Å²) in [5, 5.41) is 5.65. The molecular weight excluding hydrogens is 274 g/mol. The lowest BCUT2D eigenvalue weighted by atomic mass is 10.00. The van der Waals surface area contributed by atoms with Gasteiger partial charge in [-0.25, -0.2) is 10.4 Å². The van der Waals surface area contributed by atoms with E-state index in [1.807, 2.05) is 12.1 Å². The molecule has 1 aromatic carbocycles. The minimum atomic E-state index is -0.0581. The maximum absolute atomic E-state index is 11.9. The van der Waals surface area contributed by atoms with Gasteiger partial charge in [-0.3, -0.25) is 4.79 Å². The lowest BCUT2D eigenvalue weighted by Crippen LogP contribution is -2.53. The van der Waals surface area contributed by atoms with E-state index >= 15 is 0 Å². The largest absolute Gasteiger partial charge is 0.325 e. The summed E-state index contributed by atoms with van der Waals surface area (Å²) in [5.41, 5.74) is 3.97. The zero-order valence-electron chi connectivity index (χ0n) is 12.0. The number of carbonyl (C=O) groups excluding carboxylic acids is 1. The first-order valence-electron chi connectivity index (χ1n) is 7.13. The standard InChI is InChI=1S/C15H22ClN3O/c1-11-5-3-6-12(2)19(11)17-10-15(20)18-14-8-4-7-13(16)9-14/h4,7-9,11-12,17H,3,5-6,10H2,1-2H3,(H,18,20). The van der Waals surface area contributed by atoms with Gasteiger partial charge >= 0.3 is 0 Å². The number of hydrogen-bond acceptors (Lipinski definition) is 3. The molecule has 0 aliphatic carbocycles. The second kappa shape index (κ2) is 7.07. The molecule has 1 aliphatic heterocycles. The van der Waals surface area contributed by atoms with Crippen molar-refractivity contribution in [3.8, 4) is 0 Å². The minimum absolute atomic E-state index is 0.0581. The highest BCUT2D eigenvalue weighted by Gasteiger charge is 2.24. The maximum atomic E-state index is 11.9. The van der Waals surface area contributed by atoms with Crippen LogP contribution in [0.4, 0.5) is 5.69 Å². The Morgan fingerprint density at radius 3 is 2.70 bits per heavy atom. The third kappa shape index (κ3) is 4.20. The zero-order valence-corrected chi connectivity index (χ0v) is 12.8. The summed E-state index contributed by atoms with van der Waals surface area (Å²) in [4.78, 5) is 11.9. The second-order valence-electron chi connectivity index (χ2n) is 5.43. The molecule has 1 saturated heterocycles. The van der Waals surface area contributed by atoms with Crippen LogP contribution in [0.3, 0.4) is 0 Å². The quantitative estimate of drug-likeness (QED) is 0.897. The molecule has 4 nitrogen and oxygen atoms in total. The van der Waals surface area contributed by atoms with Crippen molar-refractivity contribution in [3.63, 3.8) is 0 Å². The van der Waals surface area contributed by atoms with Gasteiger partial charge in [-0.1, -0.05) is 24.1 Å². The molecule has 0 saturated carbocycles. The molecule has 1 aromatic rings. The highest BCUT2D eigenvalue weighted by molar-refractivity contribution is 6.30. The number of nitrogens with zero attached hydrogens (tertiary/aromatic N) is 1. The highest BCUT2D eigenvalue weighted by atomic mass is 35.5. The third-order valence-electron chi connectivity index (χ3n) is 3.72. The van der Waals surface area contributed by atoms with Gasteiger partial charge in [0.05, 0.1) is 6.54 Å². The molecular formula is C15H22ClN3O. The fourth-order valence-corrected chi connectivity index (χ4v) is 2.86. The number of piperidine rings is 1. The van der Waals surface area contributed by atoms with Crippen LogP contribution in [-0.2, 0) is 4.79 Å². The van der Waals surface area contributed by atoms with Gasteiger partial charge in [-0.05, 0) is 44.9 Å². The lowest BCUT2D eigenvalue weighted by Gasteiger charge is -2.38. The van der Waals surface area contributed by atoms with E-state index in [1.165, 1.54) is 19.3 Å². The molecule has 5 heteroatoms. The average molecular weight is 296 g/mol. The van der Waals surface area contributed by atoms with Crippen LogP contribution >= 0.6 is 11.6 Å². The van der Waals surface area contributed by atoms with Gasteiger partial charge in [0.25, 0.3) is 0 Å². The summed E-state index contributed by atoms with van der Waals surface area (Å²) in [6, 6.07) is 8.12. The van der Waals surface area contributed by atoms with Crippen molar-refractivity contribution in [1.29, 1.82) is 0 Å². The Bertz CT molecular complexity index is 456. The van der Waals surface area contributed by atoms with Gasteiger partial charge in [0, 0.05) is 22.8 Å². The van der Waals surface area contributed by atoms with Gasteiger partial charge in [0.1, 0.15) is 0 Å². The maximum Gasteiger partial charge on any atom is 0.239 e. The Morgan fingerprint density at radius 2 is 2.05 bits per heavy atom. The summed E-state index contributed by atoms with van der Waals surface area (Å²) in [7, 11) is 0. The van der Waals surface area contributed by atoms with Crippen molar-refractivity contribution >= 4 is 23.2 Å². The molecule has 0 aromatic heterocycles. The monoisotopic (exact) mass is 295 g/mol. The van der Waals surface area contributed by atoms with Crippen molar-refractivity contribution in [2.24, 2.45) is 0 Å². The predicted molar refractivity (Wildman–Crippen MR) is 82.7 cm³/mol. The number of halogens is 1. The van der Waals surface area contributed by atoms with Crippen molar-refractivity contribution in [2.75, 3.05) is 11.9 Å². The molecule has 2 unspecified atom stereocenters. The van der Waals surface area contributed by atoms with E-state index < -0.39 is 0 Å². The Balaban J connectivity index is 1.83. The number of hydrogen-bond donors (Lipinski definition) is 2. The number of rotatable bonds is 4. The van der Waals surface area contributed by atoms with E-state index in [0.717, 1.165) is 5.69 Å². The van der Waals surface area contributed by atoms with Crippen LogP contribution in [0.15, 0.2) is 24.3 Å². The molecule has 2 N–H and O–H groups in total. The Hall–Kier alpha value is -1.10. The van der Waals surface area contributed by atoms with E-state index in [-0.39, 0.29) is 12.5 Å². The molecule has 0 bridgehead atoms. The van der Waals surface area contributed by atoms with Gasteiger partial charge in [-0.2, -0.15) is 0 Å². The van der Waals surface area contributed by atoms with E-state index in [0.29, 0.717) is 17.1 Å². The molecule has 0 radical (unpaired) electrons. The molecule has 1 fully saturated rings. The molecule has 2 atom stereocenters. The summed E-state index contributed by atoms with van der Waals surface area (Å²) in [6.07, 6.45) is 3.61. The van der Waals surface area contributed by atoms with Crippen LogP contribution in [-0.4, -0.2) is 29.5 Å². The normalized spacial score (nSPS) is 23.6. The number of amides is 1. The molecule has 20 heavy (non-hydrogen) atoms. The topological polar surface area (TPSA) is 44.4 Å². The number of benzene rings is 1. The number of nitrogens with one attached hydrogen (secondary N) is 2. The Kier molecular flexibility index (Phi) is 5.40. The van der Waals surface area contributed by atoms with Crippen molar-refractivity contribution in [3.05, 3.63) is 29.3 Å². The average Bonchev–Trinajstić information content (AvgIpc) is 2.38. The second-order valence-corrected chi connectivity index (χ2v) is 5.87. The lowest BCUT2D eigenvalue weighted by molar-refractivity contribution is -0.117. The predicted octanol–water partition coefficient (Wildman–Crippen LogP) is 3.05. The van der Waals surface area contributed by atoms with Gasteiger partial charge < -0.3 is 5.32 Å². The first-order chi connectivity index (χ1) is 9.56. The number of hydrazine groups is 1. The summed E-state index contributed by atoms with van der Waals surface area (Å²) >= 11 is 5.89. The minimum Gasteiger partial charge on any atom is -0.325 e. The van der Waals surface area contributed by atoms with Gasteiger partial charge in [0.2, 0.25) is 5.91 Å². The van der Waals surface area contributed by atoms with Crippen LogP contribution in [0.5, 0.6) is 0 Å². The fraction of sp³-hybridized carbons (Fsp3) is 0.533. The molecule has 1 aliphatic rings. The fourth-order valence-electron chi connectivity index (χ4n) is 2.67. The van der Waals surface area contributed by atoms with Crippen LogP contribution < -0.4 is 10.7 Å². The van der Waals surface area contributed by atoms with E-state index in [1.54, 1.807) is 12.1 Å². The van der Waals surface area contributed by atoms with E-state index in [4.69, 9.17) is 11.6 Å². The van der Waals surface area contributed by atoms with Crippen molar-refractivity contribution in [1.82, 2.24) is 10.4 Å². The first kappa shape index (κ1) is 15.3. The van der Waals surface area contributed by atoms with E-state index in [2.05, 4.69) is 29.6 Å². The van der Waals surface area contributed by atoms with Gasteiger partial charge in [-0.15, -0.1) is 0 Å². The molecule has 0 spiro atoms. The van der Waals surface area contributed by atoms with Gasteiger partial charge in [0.15, 0.2) is 0 Å². The molecule has 2 rings (SSSR count). The summed E-state index contributed by atoms with van der Waals surface area (Å²) in [6.45, 7) is 4.66. The van der Waals surface area contributed by atoms with E-state index in [9.17, 15) is 4.79 Å². The molecule has 1 amide bonds. The van der Waals surface area contributed by atoms with Crippen molar-refractivity contribution in [2.45, 2.75) is 45.2 Å². The zero-order chi connectivity index (χ0) is 14.5. The third-order valence-corrected chi connectivity index (χ3v) is 3.96. The number of anilines is 1. The SMILES string of the molecule is CC1CCCC(C)N1NCC(=O)Nc1cccc(Cl)c1. The summed E-state index contributed by atoms with van der Waals surface area (Å²) < 4.78 is 0. The smallest absolute Gasteiger partial charge is 0.239 e. The Labute approximate surface area is 125 Å². The first-order valence-corrected chi connectivity index (χ1v) is 7.51.